The summed E-state index contributed by atoms with van der Waals surface area (Å²) in [6.45, 7) is 4.66. The Bertz CT molecular complexity index is 1410. The Balaban J connectivity index is 4.05. The molecular weight excluding hydrogens is 984 g/mol. The largest absolute Gasteiger partial charge is 0.756 e. The minimum Gasteiger partial charge on any atom is -0.756 e. The number of carbonyl (C=O) groups excluding carboxylic acids is 1. The van der Waals surface area contributed by atoms with Crippen LogP contribution in [0.5, 0.6) is 0 Å². The Morgan fingerprint density at radius 2 is 0.718 bits per heavy atom. The lowest BCUT2D eigenvalue weighted by atomic mass is 10.0. The van der Waals surface area contributed by atoms with Crippen molar-refractivity contribution in [3.8, 4) is 0 Å². The molecule has 0 aliphatic heterocycles. The van der Waals surface area contributed by atoms with Crippen LogP contribution in [-0.4, -0.2) is 68.5 Å². The molecule has 0 saturated heterocycles. The van der Waals surface area contributed by atoms with Gasteiger partial charge in [-0.05, 0) is 70.6 Å². The monoisotopic (exact) mass is 1120 g/mol. The molecule has 3 atom stereocenters. The molecule has 0 aliphatic rings. The summed E-state index contributed by atoms with van der Waals surface area (Å²) in [5.41, 5.74) is 0. The minimum atomic E-state index is -4.61. The smallest absolute Gasteiger partial charge is 0.268 e. The third-order valence-electron chi connectivity index (χ3n) is 15.5. The predicted octanol–water partition coefficient (Wildman–Crippen LogP) is 20.8. The summed E-state index contributed by atoms with van der Waals surface area (Å²) in [7, 11) is 1.25. The van der Waals surface area contributed by atoms with Gasteiger partial charge >= 0.3 is 0 Å². The van der Waals surface area contributed by atoms with Gasteiger partial charge in [-0.2, -0.15) is 0 Å². The number of allylic oxidation sites excluding steroid dienone is 7. The van der Waals surface area contributed by atoms with E-state index in [1.807, 2.05) is 27.2 Å². The number of carbonyl (C=O) groups is 1. The fourth-order valence-electron chi connectivity index (χ4n) is 10.2. The molecule has 3 unspecified atom stereocenters. The van der Waals surface area contributed by atoms with Gasteiger partial charge < -0.3 is 28.8 Å². The van der Waals surface area contributed by atoms with Crippen LogP contribution in [0.3, 0.4) is 0 Å². The lowest BCUT2D eigenvalue weighted by Gasteiger charge is -2.29. The zero-order valence-electron chi connectivity index (χ0n) is 52.6. The van der Waals surface area contributed by atoms with Crippen molar-refractivity contribution in [2.45, 2.75) is 347 Å². The van der Waals surface area contributed by atoms with E-state index in [2.05, 4.69) is 55.6 Å². The van der Waals surface area contributed by atoms with Gasteiger partial charge in [-0.25, -0.2) is 0 Å². The number of nitrogens with zero attached hydrogens (tertiary/aromatic N) is 1. The van der Waals surface area contributed by atoms with Crippen LogP contribution in [-0.2, 0) is 18.4 Å². The summed E-state index contributed by atoms with van der Waals surface area (Å²) in [5.74, 6) is -0.206. The van der Waals surface area contributed by atoms with E-state index in [9.17, 15) is 19.4 Å². The second kappa shape index (κ2) is 60.1. The number of rotatable bonds is 63. The van der Waals surface area contributed by atoms with Crippen LogP contribution < -0.4 is 10.2 Å². The molecule has 0 heterocycles. The maximum absolute atomic E-state index is 13.0. The van der Waals surface area contributed by atoms with E-state index in [1.165, 1.54) is 270 Å². The topological polar surface area (TPSA) is 108 Å². The molecule has 0 saturated carbocycles. The second-order valence-corrected chi connectivity index (χ2v) is 25.9. The molecule has 78 heavy (non-hydrogen) atoms. The van der Waals surface area contributed by atoms with Crippen molar-refractivity contribution in [3.05, 3.63) is 48.6 Å². The van der Waals surface area contributed by atoms with Crippen molar-refractivity contribution >= 4 is 13.7 Å². The van der Waals surface area contributed by atoms with E-state index in [1.54, 1.807) is 6.08 Å². The molecule has 0 rings (SSSR count). The van der Waals surface area contributed by atoms with E-state index in [4.69, 9.17) is 9.05 Å². The number of likely N-dealkylation sites (N-methyl/N-ethyl adjacent to an activating group) is 1. The van der Waals surface area contributed by atoms with Crippen LogP contribution in [0, 0.1) is 0 Å². The molecule has 0 fully saturated rings. The zero-order chi connectivity index (χ0) is 57.0. The van der Waals surface area contributed by atoms with E-state index >= 15 is 0 Å². The molecule has 0 radical (unpaired) electrons. The third kappa shape index (κ3) is 62.1. The van der Waals surface area contributed by atoms with Crippen molar-refractivity contribution in [1.29, 1.82) is 0 Å². The molecule has 460 valence electrons. The number of hydrogen-bond donors (Lipinski definition) is 2. The molecule has 1 amide bonds. The summed E-state index contributed by atoms with van der Waals surface area (Å²) in [4.78, 5) is 25.6. The Kier molecular flexibility index (Phi) is 58.9. The van der Waals surface area contributed by atoms with Gasteiger partial charge in [0.25, 0.3) is 7.82 Å². The second-order valence-electron chi connectivity index (χ2n) is 24.5. The number of aliphatic hydroxyl groups is 1. The van der Waals surface area contributed by atoms with Gasteiger partial charge in [-0.15, -0.1) is 0 Å². The molecule has 8 nitrogen and oxygen atoms in total. The highest BCUT2D eigenvalue weighted by molar-refractivity contribution is 7.45. The lowest BCUT2D eigenvalue weighted by Crippen LogP contribution is -2.45. The summed E-state index contributed by atoms with van der Waals surface area (Å²) < 4.78 is 23.4. The standard InChI is InChI=1S/C69H133N2O6P/c1-6-8-10-12-14-16-18-20-22-24-26-28-29-30-31-32-33-34-35-36-37-38-39-40-41-43-45-47-49-51-53-55-57-59-61-63-69(73)70-67(66-77-78(74,75)76-65-64-71(3,4)5)68(72)62-60-58-56-54-52-50-48-46-44-42-27-25-23-21-19-17-15-13-11-9-7-2/h32-33,44,46,52,54,60,62,67-68,72H,6-31,34-43,45,47-51,53,55-59,61,63-66H2,1-5H3,(H-,70,73,74,75)/b33-32-,46-44+,54-52+,62-60+. The van der Waals surface area contributed by atoms with Crippen molar-refractivity contribution in [2.75, 3.05) is 40.9 Å². The summed E-state index contributed by atoms with van der Waals surface area (Å²) in [5, 5.41) is 13.9. The first kappa shape index (κ1) is 76.5. The first-order valence-electron chi connectivity index (χ1n) is 34.0. The number of phosphoric acid groups is 1. The highest BCUT2D eigenvalue weighted by Crippen LogP contribution is 2.38. The van der Waals surface area contributed by atoms with Gasteiger partial charge in [0.15, 0.2) is 0 Å². The van der Waals surface area contributed by atoms with E-state index < -0.39 is 26.6 Å². The van der Waals surface area contributed by atoms with Crippen LogP contribution in [0.25, 0.3) is 0 Å². The molecule has 0 aromatic carbocycles. The number of amides is 1. The summed E-state index contributed by atoms with van der Waals surface area (Å²) in [6, 6.07) is -0.911. The van der Waals surface area contributed by atoms with Crippen LogP contribution >= 0.6 is 7.82 Å². The number of nitrogens with one attached hydrogen (secondary N) is 1. The molecule has 0 aromatic rings. The summed E-state index contributed by atoms with van der Waals surface area (Å²) >= 11 is 0. The van der Waals surface area contributed by atoms with Crippen LogP contribution in [0.1, 0.15) is 335 Å². The normalized spacial score (nSPS) is 14.0. The molecule has 0 aromatic heterocycles. The highest BCUT2D eigenvalue weighted by Gasteiger charge is 2.23. The van der Waals surface area contributed by atoms with Crippen molar-refractivity contribution < 1.29 is 32.9 Å². The van der Waals surface area contributed by atoms with E-state index in [0.29, 0.717) is 17.4 Å². The quantitative estimate of drug-likeness (QED) is 0.0272. The predicted molar refractivity (Wildman–Crippen MR) is 339 cm³/mol. The van der Waals surface area contributed by atoms with E-state index in [-0.39, 0.29) is 12.5 Å². The van der Waals surface area contributed by atoms with Gasteiger partial charge in [-0.1, -0.05) is 306 Å². The molecule has 0 bridgehead atoms. The number of aliphatic hydroxyl groups excluding tert-OH is 1. The van der Waals surface area contributed by atoms with Gasteiger partial charge in [0.1, 0.15) is 13.2 Å². The van der Waals surface area contributed by atoms with Crippen molar-refractivity contribution in [2.24, 2.45) is 0 Å². The van der Waals surface area contributed by atoms with Gasteiger partial charge in [0.05, 0.1) is 39.9 Å². The van der Waals surface area contributed by atoms with Crippen molar-refractivity contribution in [1.82, 2.24) is 5.32 Å². The fourth-order valence-corrected chi connectivity index (χ4v) is 10.9. The molecule has 9 heteroatoms. The van der Waals surface area contributed by atoms with Crippen molar-refractivity contribution in [3.63, 3.8) is 0 Å². The Labute approximate surface area is 486 Å². The highest BCUT2D eigenvalue weighted by atomic mass is 31.2. The first-order valence-corrected chi connectivity index (χ1v) is 35.5. The van der Waals surface area contributed by atoms with Crippen LogP contribution in [0.2, 0.25) is 0 Å². The Morgan fingerprint density at radius 3 is 1.04 bits per heavy atom. The Hall–Kier alpha value is -1.54. The van der Waals surface area contributed by atoms with Gasteiger partial charge in [0, 0.05) is 6.42 Å². The minimum absolute atomic E-state index is 0.00842. The Morgan fingerprint density at radius 1 is 0.436 bits per heavy atom. The molecule has 0 spiro atoms. The first-order chi connectivity index (χ1) is 38.0. The van der Waals surface area contributed by atoms with E-state index in [0.717, 1.165) is 44.9 Å². The van der Waals surface area contributed by atoms with Crippen LogP contribution in [0.4, 0.5) is 0 Å². The lowest BCUT2D eigenvalue weighted by molar-refractivity contribution is -0.870. The SMILES string of the molecule is CCCCCCCCCCCCC/C=C/CC/C=C/CC/C=C/C(O)C(COP(=O)([O-])OCC[N+](C)(C)C)NC(=O)CCCCCCCCCCCCCCCCCCC/C=C\CCCCCCCCCCCCCCCC. The molecule has 0 aliphatic carbocycles. The average molecular weight is 1120 g/mol. The molecule has 2 N–H and O–H groups in total. The number of unbranched alkanes of at least 4 members (excludes halogenated alkanes) is 44. The van der Waals surface area contributed by atoms with Gasteiger partial charge in [-0.3, -0.25) is 9.36 Å². The maximum atomic E-state index is 13.0. The maximum Gasteiger partial charge on any atom is 0.268 e. The summed E-state index contributed by atoms with van der Waals surface area (Å²) in [6.07, 6.45) is 81.0. The van der Waals surface area contributed by atoms with Crippen LogP contribution in [0.15, 0.2) is 48.6 Å². The average Bonchev–Trinajstić information content (AvgIpc) is 3.41. The zero-order valence-corrected chi connectivity index (χ0v) is 53.5. The van der Waals surface area contributed by atoms with Gasteiger partial charge in [0.2, 0.25) is 5.91 Å². The number of phosphoric ester groups is 1. The number of hydrogen-bond acceptors (Lipinski definition) is 6. The number of quaternary nitrogens is 1. The molecular formula is C69H133N2O6P. The fraction of sp³-hybridized carbons (Fsp3) is 0.870. The third-order valence-corrected chi connectivity index (χ3v) is 16.5.